The van der Waals surface area contributed by atoms with Crippen molar-refractivity contribution >= 4 is 34.1 Å². The summed E-state index contributed by atoms with van der Waals surface area (Å²) in [5, 5.41) is 4.48. The Labute approximate surface area is 145 Å². The van der Waals surface area contributed by atoms with E-state index >= 15 is 0 Å². The van der Waals surface area contributed by atoms with E-state index in [0.717, 1.165) is 22.2 Å². The summed E-state index contributed by atoms with van der Waals surface area (Å²) in [7, 11) is 1.57. The molecule has 3 rings (SSSR count). The number of carbonyl (C=O) groups is 1. The summed E-state index contributed by atoms with van der Waals surface area (Å²) in [6.45, 7) is 3.81. The van der Waals surface area contributed by atoms with Gasteiger partial charge in [0.2, 0.25) is 0 Å². The Bertz CT molecular complexity index is 938. The molecule has 0 fully saturated rings. The first-order valence-corrected chi connectivity index (χ1v) is 7.89. The van der Waals surface area contributed by atoms with E-state index in [1.54, 1.807) is 31.4 Å². The minimum absolute atomic E-state index is 0.201. The molecular weight excluding hydrogens is 324 g/mol. The average Bonchev–Trinajstić information content (AvgIpc) is 2.58. The van der Waals surface area contributed by atoms with E-state index in [2.05, 4.69) is 10.3 Å². The van der Waals surface area contributed by atoms with E-state index in [0.29, 0.717) is 22.0 Å². The smallest absolute Gasteiger partial charge is 0.255 e. The number of hydrogen-bond acceptors (Lipinski definition) is 3. The van der Waals surface area contributed by atoms with Gasteiger partial charge in [0, 0.05) is 21.7 Å². The number of benzene rings is 2. The van der Waals surface area contributed by atoms with Gasteiger partial charge in [0.05, 0.1) is 18.3 Å². The van der Waals surface area contributed by atoms with Crippen LogP contribution in [0.1, 0.15) is 21.6 Å². The van der Waals surface area contributed by atoms with Crippen LogP contribution in [0.25, 0.3) is 10.9 Å². The molecule has 1 N–H and O–H groups in total. The highest BCUT2D eigenvalue weighted by Gasteiger charge is 2.13. The molecule has 122 valence electrons. The SMILES string of the molecule is COc1cccc(C(=O)Nc2cc(C)nc3c(C)c(Cl)ccc23)c1. The topological polar surface area (TPSA) is 51.2 Å². The van der Waals surface area contributed by atoms with Crippen molar-refractivity contribution < 1.29 is 9.53 Å². The minimum Gasteiger partial charge on any atom is -0.497 e. The van der Waals surface area contributed by atoms with Crippen molar-refractivity contribution in [3.63, 3.8) is 0 Å². The summed E-state index contributed by atoms with van der Waals surface area (Å²) >= 11 is 6.19. The molecule has 0 saturated carbocycles. The molecule has 3 aromatic rings. The molecule has 0 aliphatic heterocycles. The number of hydrogen-bond donors (Lipinski definition) is 1. The van der Waals surface area contributed by atoms with Crippen LogP contribution in [-0.2, 0) is 0 Å². The number of nitrogens with zero attached hydrogens (tertiary/aromatic N) is 1. The molecular formula is C19H17ClN2O2. The highest BCUT2D eigenvalue weighted by atomic mass is 35.5. The molecule has 0 saturated heterocycles. The van der Waals surface area contributed by atoms with Gasteiger partial charge in [-0.15, -0.1) is 0 Å². The molecule has 1 amide bonds. The zero-order chi connectivity index (χ0) is 17.3. The van der Waals surface area contributed by atoms with Crippen LogP contribution in [-0.4, -0.2) is 18.0 Å². The number of rotatable bonds is 3. The van der Waals surface area contributed by atoms with Crippen LogP contribution in [0.5, 0.6) is 5.75 Å². The maximum atomic E-state index is 12.6. The Morgan fingerprint density at radius 2 is 1.96 bits per heavy atom. The average molecular weight is 341 g/mol. The van der Waals surface area contributed by atoms with Gasteiger partial charge in [-0.25, -0.2) is 0 Å². The van der Waals surface area contributed by atoms with E-state index in [-0.39, 0.29) is 5.91 Å². The van der Waals surface area contributed by atoms with Gasteiger partial charge in [0.1, 0.15) is 5.75 Å². The molecule has 0 spiro atoms. The first-order chi connectivity index (χ1) is 11.5. The zero-order valence-electron chi connectivity index (χ0n) is 13.7. The molecule has 24 heavy (non-hydrogen) atoms. The van der Waals surface area contributed by atoms with Gasteiger partial charge in [0.25, 0.3) is 5.91 Å². The molecule has 0 unspecified atom stereocenters. The van der Waals surface area contributed by atoms with Gasteiger partial charge < -0.3 is 10.1 Å². The fourth-order valence-corrected chi connectivity index (χ4v) is 2.75. The van der Waals surface area contributed by atoms with Crippen molar-refractivity contribution in [2.45, 2.75) is 13.8 Å². The number of pyridine rings is 1. The van der Waals surface area contributed by atoms with Crippen molar-refractivity contribution in [2.75, 3.05) is 12.4 Å². The number of amides is 1. The van der Waals surface area contributed by atoms with Crippen molar-refractivity contribution in [3.05, 3.63) is 64.3 Å². The first-order valence-electron chi connectivity index (χ1n) is 7.51. The minimum atomic E-state index is -0.201. The maximum Gasteiger partial charge on any atom is 0.255 e. The monoisotopic (exact) mass is 340 g/mol. The predicted octanol–water partition coefficient (Wildman–Crippen LogP) is 4.77. The Morgan fingerprint density at radius 1 is 1.17 bits per heavy atom. The molecule has 1 heterocycles. The molecule has 0 aliphatic rings. The fraction of sp³-hybridized carbons (Fsp3) is 0.158. The van der Waals surface area contributed by atoms with Crippen molar-refractivity contribution in [2.24, 2.45) is 0 Å². The lowest BCUT2D eigenvalue weighted by Gasteiger charge is -2.12. The number of aryl methyl sites for hydroxylation is 2. The van der Waals surface area contributed by atoms with E-state index in [9.17, 15) is 4.79 Å². The Hall–Kier alpha value is -2.59. The van der Waals surface area contributed by atoms with E-state index in [1.165, 1.54) is 0 Å². The highest BCUT2D eigenvalue weighted by Crippen LogP contribution is 2.30. The number of nitrogens with one attached hydrogen (secondary N) is 1. The Kier molecular flexibility index (Phi) is 4.40. The molecule has 0 radical (unpaired) electrons. The van der Waals surface area contributed by atoms with Gasteiger partial charge >= 0.3 is 0 Å². The molecule has 0 bridgehead atoms. The lowest BCUT2D eigenvalue weighted by atomic mass is 10.1. The second kappa shape index (κ2) is 6.49. The number of fused-ring (bicyclic) bond motifs is 1. The molecule has 5 heteroatoms. The standard InChI is InChI=1S/C19H17ClN2O2/c1-11-9-17(15-7-8-16(20)12(2)18(15)21-11)22-19(23)13-5-4-6-14(10-13)24-3/h4-10H,1-3H3,(H,21,22,23). The van der Waals surface area contributed by atoms with Crippen LogP contribution < -0.4 is 10.1 Å². The van der Waals surface area contributed by atoms with Crippen LogP contribution in [0.2, 0.25) is 5.02 Å². The number of halogens is 1. The highest BCUT2D eigenvalue weighted by molar-refractivity contribution is 6.32. The second-order valence-electron chi connectivity index (χ2n) is 5.57. The molecule has 0 aliphatic carbocycles. The van der Waals surface area contributed by atoms with Gasteiger partial charge in [0.15, 0.2) is 0 Å². The Morgan fingerprint density at radius 3 is 2.71 bits per heavy atom. The van der Waals surface area contributed by atoms with Gasteiger partial charge in [-0.1, -0.05) is 17.7 Å². The molecule has 2 aromatic carbocycles. The molecule has 4 nitrogen and oxygen atoms in total. The lowest BCUT2D eigenvalue weighted by Crippen LogP contribution is -2.12. The number of aromatic nitrogens is 1. The number of carbonyl (C=O) groups excluding carboxylic acids is 1. The summed E-state index contributed by atoms with van der Waals surface area (Å²) in [5.74, 6) is 0.439. The third-order valence-electron chi connectivity index (χ3n) is 3.88. The van der Waals surface area contributed by atoms with Crippen LogP contribution >= 0.6 is 11.6 Å². The first kappa shape index (κ1) is 16.3. The maximum absolute atomic E-state index is 12.6. The Balaban J connectivity index is 2.03. The van der Waals surface area contributed by atoms with Gasteiger partial charge in [-0.3, -0.25) is 9.78 Å². The third-order valence-corrected chi connectivity index (χ3v) is 4.29. The summed E-state index contributed by atoms with van der Waals surface area (Å²) in [5.41, 5.74) is 3.75. The van der Waals surface area contributed by atoms with Crippen molar-refractivity contribution in [3.8, 4) is 5.75 Å². The molecule has 0 atom stereocenters. The van der Waals surface area contributed by atoms with Crippen LogP contribution in [0.4, 0.5) is 5.69 Å². The van der Waals surface area contributed by atoms with E-state index in [1.807, 2.05) is 32.0 Å². The molecule has 1 aromatic heterocycles. The summed E-state index contributed by atoms with van der Waals surface area (Å²) in [6, 6.07) is 12.6. The second-order valence-corrected chi connectivity index (χ2v) is 5.97. The van der Waals surface area contributed by atoms with Crippen LogP contribution in [0.3, 0.4) is 0 Å². The normalized spacial score (nSPS) is 10.7. The van der Waals surface area contributed by atoms with Crippen LogP contribution in [0, 0.1) is 13.8 Å². The zero-order valence-corrected chi connectivity index (χ0v) is 14.4. The lowest BCUT2D eigenvalue weighted by molar-refractivity contribution is 0.102. The number of methoxy groups -OCH3 is 1. The van der Waals surface area contributed by atoms with E-state index < -0.39 is 0 Å². The number of ether oxygens (including phenoxy) is 1. The van der Waals surface area contributed by atoms with Crippen molar-refractivity contribution in [1.29, 1.82) is 0 Å². The van der Waals surface area contributed by atoms with E-state index in [4.69, 9.17) is 16.3 Å². The predicted molar refractivity (Wildman–Crippen MR) is 97.2 cm³/mol. The fourth-order valence-electron chi connectivity index (χ4n) is 2.59. The van der Waals surface area contributed by atoms with Gasteiger partial charge in [-0.05, 0) is 55.8 Å². The van der Waals surface area contributed by atoms with Crippen LogP contribution in [0.15, 0.2) is 42.5 Å². The van der Waals surface area contributed by atoms with Gasteiger partial charge in [-0.2, -0.15) is 0 Å². The largest absolute Gasteiger partial charge is 0.497 e. The van der Waals surface area contributed by atoms with Crippen molar-refractivity contribution in [1.82, 2.24) is 4.98 Å². The summed E-state index contributed by atoms with van der Waals surface area (Å²) < 4.78 is 5.17. The quantitative estimate of drug-likeness (QED) is 0.747. The summed E-state index contributed by atoms with van der Waals surface area (Å²) in [6.07, 6.45) is 0. The third kappa shape index (κ3) is 3.05. The number of anilines is 1. The summed E-state index contributed by atoms with van der Waals surface area (Å²) in [4.78, 5) is 17.1.